The highest BCUT2D eigenvalue weighted by molar-refractivity contribution is 6.31. The number of hydrogen-bond donors (Lipinski definition) is 0. The number of halogens is 1. The second kappa shape index (κ2) is 9.29. The van der Waals surface area contributed by atoms with Crippen molar-refractivity contribution in [3.63, 3.8) is 0 Å². The Morgan fingerprint density at radius 3 is 2.26 bits per heavy atom. The van der Waals surface area contributed by atoms with Gasteiger partial charge < -0.3 is 19.6 Å². The standard InChI is InChI=1S/C26H29ClN4O3/c27-21-8-6-7-20(17-21)24(33)29-15-11-26(12-16-29)25(34)30(18-23(32)28-13-4-5-14-28)19-31(26)22-9-2-1-3-10-22/h1-3,6-10,17H,4-5,11-16,18-19H2. The first-order valence-corrected chi connectivity index (χ1v) is 12.3. The van der Waals surface area contributed by atoms with E-state index in [-0.39, 0.29) is 24.3 Å². The third-order valence-corrected chi connectivity index (χ3v) is 7.55. The van der Waals surface area contributed by atoms with Crippen LogP contribution < -0.4 is 4.90 Å². The van der Waals surface area contributed by atoms with E-state index in [0.29, 0.717) is 43.2 Å². The van der Waals surface area contributed by atoms with Gasteiger partial charge in [0.2, 0.25) is 5.91 Å². The average molecular weight is 481 g/mol. The van der Waals surface area contributed by atoms with Crippen molar-refractivity contribution >= 4 is 35.0 Å². The van der Waals surface area contributed by atoms with Crippen LogP contribution in [-0.2, 0) is 9.59 Å². The van der Waals surface area contributed by atoms with Gasteiger partial charge in [-0.3, -0.25) is 14.4 Å². The molecule has 2 aromatic rings. The third-order valence-electron chi connectivity index (χ3n) is 7.32. The molecule has 0 bridgehead atoms. The predicted molar refractivity (Wildman–Crippen MR) is 131 cm³/mol. The maximum absolute atomic E-state index is 13.8. The molecular weight excluding hydrogens is 452 g/mol. The van der Waals surface area contributed by atoms with Crippen LogP contribution in [0.4, 0.5) is 5.69 Å². The number of rotatable bonds is 4. The van der Waals surface area contributed by atoms with Crippen LogP contribution >= 0.6 is 11.6 Å². The van der Waals surface area contributed by atoms with Gasteiger partial charge in [-0.1, -0.05) is 35.9 Å². The summed E-state index contributed by atoms with van der Waals surface area (Å²) in [5.41, 5.74) is 0.762. The molecule has 3 aliphatic heterocycles. The van der Waals surface area contributed by atoms with Gasteiger partial charge in [-0.2, -0.15) is 0 Å². The van der Waals surface area contributed by atoms with Crippen molar-refractivity contribution in [3.8, 4) is 0 Å². The van der Waals surface area contributed by atoms with Gasteiger partial charge in [0.05, 0.1) is 6.67 Å². The van der Waals surface area contributed by atoms with Crippen LogP contribution in [0.15, 0.2) is 54.6 Å². The summed E-state index contributed by atoms with van der Waals surface area (Å²) in [5, 5.41) is 0.527. The number of carbonyl (C=O) groups is 3. The summed E-state index contributed by atoms with van der Waals surface area (Å²) in [6.45, 7) is 2.96. The first-order valence-electron chi connectivity index (χ1n) is 11.9. The second-order valence-electron chi connectivity index (χ2n) is 9.33. The Labute approximate surface area is 204 Å². The lowest BCUT2D eigenvalue weighted by molar-refractivity contribution is -0.140. The van der Waals surface area contributed by atoms with E-state index in [4.69, 9.17) is 11.6 Å². The molecule has 0 aromatic heterocycles. The Morgan fingerprint density at radius 2 is 1.59 bits per heavy atom. The number of para-hydroxylation sites is 1. The molecule has 3 fully saturated rings. The molecule has 1 spiro atoms. The molecule has 0 aliphatic carbocycles. The topological polar surface area (TPSA) is 64.2 Å². The molecule has 0 atom stereocenters. The summed E-state index contributed by atoms with van der Waals surface area (Å²) in [6, 6.07) is 16.8. The normalized spacial score (nSPS) is 19.9. The third kappa shape index (κ3) is 4.13. The van der Waals surface area contributed by atoms with Gasteiger partial charge in [-0.25, -0.2) is 0 Å². The largest absolute Gasteiger partial charge is 0.341 e. The van der Waals surface area contributed by atoms with E-state index >= 15 is 0 Å². The highest BCUT2D eigenvalue weighted by atomic mass is 35.5. The van der Waals surface area contributed by atoms with Crippen LogP contribution in [0.3, 0.4) is 0 Å². The highest BCUT2D eigenvalue weighted by Crippen LogP contribution is 2.39. The fraction of sp³-hybridized carbons (Fsp3) is 0.423. The van der Waals surface area contributed by atoms with Crippen molar-refractivity contribution < 1.29 is 14.4 Å². The number of piperidine rings is 1. The lowest BCUT2D eigenvalue weighted by Gasteiger charge is -2.43. The summed E-state index contributed by atoms with van der Waals surface area (Å²) in [4.78, 5) is 47.2. The minimum atomic E-state index is -0.752. The minimum absolute atomic E-state index is 0.0150. The smallest absolute Gasteiger partial charge is 0.253 e. The van der Waals surface area contributed by atoms with E-state index in [1.165, 1.54) is 0 Å². The molecule has 178 valence electrons. The Bertz CT molecular complexity index is 1080. The van der Waals surface area contributed by atoms with Crippen LogP contribution in [0.1, 0.15) is 36.0 Å². The Morgan fingerprint density at radius 1 is 0.882 bits per heavy atom. The van der Waals surface area contributed by atoms with E-state index in [1.807, 2.05) is 35.2 Å². The Balaban J connectivity index is 1.36. The molecule has 34 heavy (non-hydrogen) atoms. The van der Waals surface area contributed by atoms with E-state index in [9.17, 15) is 14.4 Å². The van der Waals surface area contributed by atoms with Crippen LogP contribution in [0.5, 0.6) is 0 Å². The van der Waals surface area contributed by atoms with Crippen LogP contribution in [0.25, 0.3) is 0 Å². The number of amides is 3. The molecule has 7 nitrogen and oxygen atoms in total. The van der Waals surface area contributed by atoms with Gasteiger partial charge in [-0.15, -0.1) is 0 Å². The van der Waals surface area contributed by atoms with Gasteiger partial charge in [0.1, 0.15) is 12.1 Å². The van der Waals surface area contributed by atoms with Crippen LogP contribution in [0.2, 0.25) is 5.02 Å². The van der Waals surface area contributed by atoms with Crippen molar-refractivity contribution in [2.45, 2.75) is 31.2 Å². The number of anilines is 1. The maximum Gasteiger partial charge on any atom is 0.253 e. The molecule has 3 aliphatic rings. The Hall–Kier alpha value is -3.06. The molecule has 0 unspecified atom stereocenters. The fourth-order valence-corrected chi connectivity index (χ4v) is 5.63. The summed E-state index contributed by atoms with van der Waals surface area (Å²) in [7, 11) is 0. The van der Waals surface area contributed by atoms with E-state index in [0.717, 1.165) is 31.6 Å². The second-order valence-corrected chi connectivity index (χ2v) is 9.77. The van der Waals surface area contributed by atoms with Crippen molar-refractivity contribution in [1.82, 2.24) is 14.7 Å². The predicted octanol–water partition coefficient (Wildman–Crippen LogP) is 3.24. The monoisotopic (exact) mass is 480 g/mol. The lowest BCUT2D eigenvalue weighted by Crippen LogP contribution is -2.57. The number of nitrogens with zero attached hydrogens (tertiary/aromatic N) is 4. The van der Waals surface area contributed by atoms with E-state index < -0.39 is 5.54 Å². The summed E-state index contributed by atoms with van der Waals surface area (Å²) in [5.74, 6) is -0.0710. The fourth-order valence-electron chi connectivity index (χ4n) is 5.44. The summed E-state index contributed by atoms with van der Waals surface area (Å²) < 4.78 is 0. The van der Waals surface area contributed by atoms with Crippen molar-refractivity contribution in [3.05, 3.63) is 65.2 Å². The number of likely N-dealkylation sites (tertiary alicyclic amines) is 2. The lowest BCUT2D eigenvalue weighted by atomic mass is 9.85. The SMILES string of the molecule is O=C(CN1CN(c2ccccc2)C2(CCN(C(=O)c3cccc(Cl)c3)CC2)C1=O)N1CCCC1. The molecule has 0 saturated carbocycles. The molecule has 0 N–H and O–H groups in total. The maximum atomic E-state index is 13.8. The molecule has 2 aromatic carbocycles. The quantitative estimate of drug-likeness (QED) is 0.674. The zero-order valence-electron chi connectivity index (χ0n) is 19.2. The summed E-state index contributed by atoms with van der Waals surface area (Å²) >= 11 is 6.08. The molecule has 8 heteroatoms. The number of benzene rings is 2. The average Bonchev–Trinajstić information content (AvgIpc) is 3.49. The molecule has 3 saturated heterocycles. The van der Waals surface area contributed by atoms with Crippen molar-refractivity contribution in [2.75, 3.05) is 44.3 Å². The van der Waals surface area contributed by atoms with Gasteiger partial charge >= 0.3 is 0 Å². The number of hydrogen-bond acceptors (Lipinski definition) is 4. The molecular formula is C26H29ClN4O3. The minimum Gasteiger partial charge on any atom is -0.341 e. The molecule has 3 amide bonds. The highest BCUT2D eigenvalue weighted by Gasteiger charge is 2.54. The van der Waals surface area contributed by atoms with E-state index in [2.05, 4.69) is 4.90 Å². The molecule has 0 radical (unpaired) electrons. The summed E-state index contributed by atoms with van der Waals surface area (Å²) in [6.07, 6.45) is 3.08. The van der Waals surface area contributed by atoms with Gasteiger partial charge in [0.15, 0.2) is 0 Å². The van der Waals surface area contributed by atoms with Gasteiger partial charge in [0, 0.05) is 42.5 Å². The first-order chi connectivity index (χ1) is 16.5. The van der Waals surface area contributed by atoms with Crippen LogP contribution in [-0.4, -0.2) is 77.4 Å². The van der Waals surface area contributed by atoms with Gasteiger partial charge in [-0.05, 0) is 56.0 Å². The van der Waals surface area contributed by atoms with Gasteiger partial charge in [0.25, 0.3) is 11.8 Å². The number of carbonyl (C=O) groups excluding carboxylic acids is 3. The first kappa shape index (κ1) is 22.7. The zero-order chi connectivity index (χ0) is 23.7. The van der Waals surface area contributed by atoms with Crippen molar-refractivity contribution in [2.24, 2.45) is 0 Å². The van der Waals surface area contributed by atoms with Crippen LogP contribution in [0, 0.1) is 0 Å². The zero-order valence-corrected chi connectivity index (χ0v) is 19.9. The molecule has 5 rings (SSSR count). The molecule has 3 heterocycles. The Kier molecular flexibility index (Phi) is 6.21. The van der Waals surface area contributed by atoms with E-state index in [1.54, 1.807) is 34.1 Å². The van der Waals surface area contributed by atoms with Crippen molar-refractivity contribution in [1.29, 1.82) is 0 Å².